The van der Waals surface area contributed by atoms with E-state index < -0.39 is 12.3 Å². The van der Waals surface area contributed by atoms with Crippen molar-refractivity contribution >= 4 is 5.91 Å². The van der Waals surface area contributed by atoms with Gasteiger partial charge >= 0.3 is 6.43 Å². The number of carbonyl (C=O) groups excluding carboxylic acids is 1. The van der Waals surface area contributed by atoms with Gasteiger partial charge in [0.15, 0.2) is 0 Å². The Morgan fingerprint density at radius 2 is 2.10 bits per heavy atom. The Hall–Kier alpha value is -0.670. The Kier molecular flexibility index (Phi) is 1.62. The first-order valence-corrected chi connectivity index (χ1v) is 3.14. The predicted molar refractivity (Wildman–Crippen MR) is 31.8 cm³/mol. The Balaban J connectivity index is 2.31. The lowest BCUT2D eigenvalue weighted by Crippen LogP contribution is -2.38. The smallest absolute Gasteiger partial charge is 0.315 e. The van der Waals surface area contributed by atoms with Crippen LogP contribution in [0.25, 0.3) is 0 Å². The van der Waals surface area contributed by atoms with Gasteiger partial charge in [-0.15, -0.1) is 0 Å². The van der Waals surface area contributed by atoms with Crippen molar-refractivity contribution in [2.24, 2.45) is 0 Å². The number of amides is 1. The Morgan fingerprint density at radius 3 is 2.40 bits per heavy atom. The summed E-state index contributed by atoms with van der Waals surface area (Å²) in [5.41, 5.74) is -0.326. The fourth-order valence-electron chi connectivity index (χ4n) is 0.664. The number of rotatable bonds is 2. The zero-order valence-electron chi connectivity index (χ0n) is 5.66. The maximum Gasteiger partial charge on any atom is 0.315 e. The second kappa shape index (κ2) is 2.18. The van der Waals surface area contributed by atoms with Crippen molar-refractivity contribution in [1.29, 1.82) is 0 Å². The van der Waals surface area contributed by atoms with Gasteiger partial charge in [0.1, 0.15) is 0 Å². The van der Waals surface area contributed by atoms with Crippen molar-refractivity contribution in [3.05, 3.63) is 0 Å². The summed E-state index contributed by atoms with van der Waals surface area (Å²) in [4.78, 5) is 10.3. The molecule has 0 saturated heterocycles. The van der Waals surface area contributed by atoms with Crippen LogP contribution in [0, 0.1) is 0 Å². The van der Waals surface area contributed by atoms with E-state index in [2.05, 4.69) is 5.32 Å². The maximum absolute atomic E-state index is 11.6. The first-order valence-electron chi connectivity index (χ1n) is 3.14. The van der Waals surface area contributed by atoms with Gasteiger partial charge in [0.05, 0.1) is 0 Å². The third kappa shape index (κ3) is 1.65. The molecule has 1 fully saturated rings. The lowest BCUT2D eigenvalue weighted by atomic mass is 10.3. The quantitative estimate of drug-likeness (QED) is 0.621. The van der Waals surface area contributed by atoms with Gasteiger partial charge in [0.25, 0.3) is 5.91 Å². The van der Waals surface area contributed by atoms with Crippen LogP contribution in [-0.4, -0.2) is 17.9 Å². The number of nitrogens with one attached hydrogen (secondary N) is 1. The molecule has 0 unspecified atom stereocenters. The van der Waals surface area contributed by atoms with Crippen molar-refractivity contribution in [1.82, 2.24) is 5.32 Å². The first-order chi connectivity index (χ1) is 4.53. The highest BCUT2D eigenvalue weighted by Gasteiger charge is 2.40. The third-order valence-corrected chi connectivity index (χ3v) is 1.62. The highest BCUT2D eigenvalue weighted by Crippen LogP contribution is 2.34. The van der Waals surface area contributed by atoms with Crippen molar-refractivity contribution in [3.8, 4) is 0 Å². The van der Waals surface area contributed by atoms with Crippen LogP contribution in [0.15, 0.2) is 0 Å². The summed E-state index contributed by atoms with van der Waals surface area (Å²) in [7, 11) is 0. The standard InChI is InChI=1S/C6H9F2NO/c1-6(2-3-6)9-5(10)4(7)8/h4H,2-3H2,1H3,(H,9,10). The van der Waals surface area contributed by atoms with E-state index in [0.717, 1.165) is 12.8 Å². The summed E-state index contributed by atoms with van der Waals surface area (Å²) >= 11 is 0. The summed E-state index contributed by atoms with van der Waals surface area (Å²) in [6.07, 6.45) is -1.26. The molecule has 0 radical (unpaired) electrons. The van der Waals surface area contributed by atoms with Crippen molar-refractivity contribution in [2.45, 2.75) is 31.7 Å². The third-order valence-electron chi connectivity index (χ3n) is 1.62. The SMILES string of the molecule is CC1(NC(=O)C(F)F)CC1. The number of hydrogen-bond acceptors (Lipinski definition) is 1. The molecule has 1 aliphatic carbocycles. The molecule has 58 valence electrons. The van der Waals surface area contributed by atoms with Gasteiger partial charge in [-0.05, 0) is 19.8 Å². The molecule has 0 aromatic heterocycles. The molecule has 0 aromatic carbocycles. The van der Waals surface area contributed by atoms with E-state index >= 15 is 0 Å². The van der Waals surface area contributed by atoms with Gasteiger partial charge in [0, 0.05) is 5.54 Å². The Morgan fingerprint density at radius 1 is 1.60 bits per heavy atom. The fraction of sp³-hybridized carbons (Fsp3) is 0.833. The van der Waals surface area contributed by atoms with E-state index in [1.54, 1.807) is 6.92 Å². The molecule has 4 heteroatoms. The summed E-state index contributed by atoms with van der Waals surface area (Å²) in [5, 5.41) is 2.24. The summed E-state index contributed by atoms with van der Waals surface area (Å²) in [6.45, 7) is 1.76. The number of halogens is 2. The molecule has 1 amide bonds. The molecule has 0 heterocycles. The maximum atomic E-state index is 11.6. The summed E-state index contributed by atoms with van der Waals surface area (Å²) in [6, 6.07) is 0. The van der Waals surface area contributed by atoms with Crippen LogP contribution in [0.4, 0.5) is 8.78 Å². The Labute approximate surface area is 57.6 Å². The van der Waals surface area contributed by atoms with Gasteiger partial charge < -0.3 is 5.32 Å². The monoisotopic (exact) mass is 149 g/mol. The second-order valence-electron chi connectivity index (χ2n) is 2.85. The second-order valence-corrected chi connectivity index (χ2v) is 2.85. The van der Waals surface area contributed by atoms with Crippen molar-refractivity contribution in [2.75, 3.05) is 0 Å². The van der Waals surface area contributed by atoms with Gasteiger partial charge in [-0.1, -0.05) is 0 Å². The van der Waals surface area contributed by atoms with E-state index in [9.17, 15) is 13.6 Å². The molecule has 1 N–H and O–H groups in total. The highest BCUT2D eigenvalue weighted by molar-refractivity contribution is 5.80. The van der Waals surface area contributed by atoms with E-state index in [1.807, 2.05) is 0 Å². The van der Waals surface area contributed by atoms with E-state index in [0.29, 0.717) is 0 Å². The molecule has 1 rings (SSSR count). The molecule has 0 aliphatic heterocycles. The van der Waals surface area contributed by atoms with Gasteiger partial charge in [0.2, 0.25) is 0 Å². The fourth-order valence-corrected chi connectivity index (χ4v) is 0.664. The van der Waals surface area contributed by atoms with E-state index in [1.165, 1.54) is 0 Å². The van der Waals surface area contributed by atoms with Crippen LogP contribution in [0.3, 0.4) is 0 Å². The predicted octanol–water partition coefficient (Wildman–Crippen LogP) is 0.920. The highest BCUT2D eigenvalue weighted by atomic mass is 19.3. The zero-order chi connectivity index (χ0) is 7.78. The molecule has 1 saturated carbocycles. The molecule has 1 aliphatic rings. The molecule has 0 spiro atoms. The topological polar surface area (TPSA) is 29.1 Å². The van der Waals surface area contributed by atoms with Crippen LogP contribution in [-0.2, 0) is 4.79 Å². The molecule has 10 heavy (non-hydrogen) atoms. The number of hydrogen-bond donors (Lipinski definition) is 1. The van der Waals surface area contributed by atoms with E-state index in [-0.39, 0.29) is 5.54 Å². The average Bonchev–Trinajstić information content (AvgIpc) is 2.47. The lowest BCUT2D eigenvalue weighted by Gasteiger charge is -2.09. The summed E-state index contributed by atoms with van der Waals surface area (Å²) in [5.74, 6) is -1.15. The van der Waals surface area contributed by atoms with Crippen LogP contribution in [0.2, 0.25) is 0 Å². The molecule has 2 nitrogen and oxygen atoms in total. The van der Waals surface area contributed by atoms with Crippen LogP contribution in [0.5, 0.6) is 0 Å². The molecular weight excluding hydrogens is 140 g/mol. The summed E-state index contributed by atoms with van der Waals surface area (Å²) < 4.78 is 23.1. The lowest BCUT2D eigenvalue weighted by molar-refractivity contribution is -0.132. The molecular formula is C6H9F2NO. The van der Waals surface area contributed by atoms with Gasteiger partial charge in [-0.2, -0.15) is 8.78 Å². The average molecular weight is 149 g/mol. The molecule has 0 aromatic rings. The molecule has 0 bridgehead atoms. The number of alkyl halides is 2. The normalized spacial score (nSPS) is 20.8. The number of carbonyl (C=O) groups is 1. The van der Waals surface area contributed by atoms with Crippen molar-refractivity contribution < 1.29 is 13.6 Å². The van der Waals surface area contributed by atoms with Crippen LogP contribution >= 0.6 is 0 Å². The van der Waals surface area contributed by atoms with Crippen LogP contribution < -0.4 is 5.32 Å². The largest absolute Gasteiger partial charge is 0.346 e. The van der Waals surface area contributed by atoms with Crippen LogP contribution in [0.1, 0.15) is 19.8 Å². The van der Waals surface area contributed by atoms with Gasteiger partial charge in [-0.3, -0.25) is 4.79 Å². The molecule has 0 atom stereocenters. The Bertz CT molecular complexity index is 154. The first kappa shape index (κ1) is 7.44. The van der Waals surface area contributed by atoms with E-state index in [4.69, 9.17) is 0 Å². The van der Waals surface area contributed by atoms with Gasteiger partial charge in [-0.25, -0.2) is 0 Å². The minimum absolute atomic E-state index is 0.326. The minimum atomic E-state index is -2.88. The zero-order valence-corrected chi connectivity index (χ0v) is 5.66. The van der Waals surface area contributed by atoms with Crippen molar-refractivity contribution in [3.63, 3.8) is 0 Å². The minimum Gasteiger partial charge on any atom is -0.346 e.